The highest BCUT2D eigenvalue weighted by molar-refractivity contribution is 5.94. The number of rotatable bonds is 4. The number of nitrogens with zero attached hydrogens (tertiary/aromatic N) is 2. The van der Waals surface area contributed by atoms with Gasteiger partial charge < -0.3 is 15.7 Å². The van der Waals surface area contributed by atoms with Crippen LogP contribution < -0.4 is 5.73 Å². The molecule has 2 rings (SSSR count). The van der Waals surface area contributed by atoms with Gasteiger partial charge in [0.05, 0.1) is 12.1 Å². The highest BCUT2D eigenvalue weighted by atomic mass is 16.4. The van der Waals surface area contributed by atoms with E-state index in [-0.39, 0.29) is 18.2 Å². The van der Waals surface area contributed by atoms with Gasteiger partial charge >= 0.3 is 5.97 Å². The van der Waals surface area contributed by atoms with Crippen LogP contribution in [-0.2, 0) is 11.3 Å². The number of amides is 1. The van der Waals surface area contributed by atoms with E-state index in [0.29, 0.717) is 30.9 Å². The molecule has 6 nitrogen and oxygen atoms in total. The fraction of sp³-hybridized carbons (Fsp3) is 0.417. The van der Waals surface area contributed by atoms with Crippen LogP contribution in [0.1, 0.15) is 22.5 Å². The molecule has 0 aliphatic carbocycles. The maximum Gasteiger partial charge on any atom is 0.303 e. The molecule has 1 amide bonds. The maximum atomic E-state index is 12.0. The number of carbonyl (C=O) groups is 2. The summed E-state index contributed by atoms with van der Waals surface area (Å²) in [6.07, 6.45) is 1.68. The predicted octanol–water partition coefficient (Wildman–Crippen LogP) is 0.0870. The molecule has 0 saturated carbocycles. The molecule has 6 heteroatoms. The second kappa shape index (κ2) is 5.14. The number of pyridine rings is 1. The molecule has 0 unspecified atom stereocenters. The minimum Gasteiger partial charge on any atom is -0.481 e. The molecule has 1 aromatic heterocycles. The molecule has 3 N–H and O–H groups in total. The Hall–Kier alpha value is -1.95. The van der Waals surface area contributed by atoms with Crippen molar-refractivity contribution in [3.05, 3.63) is 29.6 Å². The number of carboxylic acid groups (broad SMARTS) is 1. The summed E-state index contributed by atoms with van der Waals surface area (Å²) in [4.78, 5) is 28.2. The maximum absolute atomic E-state index is 12.0. The number of likely N-dealkylation sites (tertiary alicyclic amines) is 1. The quantitative estimate of drug-likeness (QED) is 0.788. The Balaban J connectivity index is 1.95. The molecule has 96 valence electrons. The zero-order valence-corrected chi connectivity index (χ0v) is 9.87. The Morgan fingerprint density at radius 2 is 2.22 bits per heavy atom. The van der Waals surface area contributed by atoms with E-state index in [4.69, 9.17) is 10.8 Å². The predicted molar refractivity (Wildman–Crippen MR) is 63.8 cm³/mol. The van der Waals surface area contributed by atoms with Crippen LogP contribution in [0.3, 0.4) is 0 Å². The van der Waals surface area contributed by atoms with Crippen LogP contribution in [0.4, 0.5) is 0 Å². The number of hydrogen-bond acceptors (Lipinski definition) is 4. The van der Waals surface area contributed by atoms with Gasteiger partial charge in [-0.3, -0.25) is 14.6 Å². The van der Waals surface area contributed by atoms with Crippen LogP contribution in [0.2, 0.25) is 0 Å². The first-order chi connectivity index (χ1) is 8.60. The van der Waals surface area contributed by atoms with Crippen LogP contribution in [0.25, 0.3) is 0 Å². The smallest absolute Gasteiger partial charge is 0.303 e. The van der Waals surface area contributed by atoms with Gasteiger partial charge in [-0.1, -0.05) is 0 Å². The van der Waals surface area contributed by atoms with Crippen molar-refractivity contribution in [2.45, 2.75) is 13.0 Å². The third-order valence-electron chi connectivity index (χ3n) is 2.98. The average molecular weight is 249 g/mol. The normalized spacial score (nSPS) is 15.3. The van der Waals surface area contributed by atoms with Crippen LogP contribution in [0, 0.1) is 5.92 Å². The topological polar surface area (TPSA) is 96.5 Å². The number of aliphatic carboxylic acids is 1. The highest BCUT2D eigenvalue weighted by Gasteiger charge is 2.32. The summed E-state index contributed by atoms with van der Waals surface area (Å²) in [5.41, 5.74) is 6.69. The van der Waals surface area contributed by atoms with E-state index in [1.807, 2.05) is 0 Å². The van der Waals surface area contributed by atoms with Gasteiger partial charge in [-0.05, 0) is 12.1 Å². The first-order valence-corrected chi connectivity index (χ1v) is 5.76. The zero-order chi connectivity index (χ0) is 13.1. The van der Waals surface area contributed by atoms with Crippen molar-refractivity contribution in [3.63, 3.8) is 0 Å². The van der Waals surface area contributed by atoms with Crippen molar-refractivity contribution < 1.29 is 14.7 Å². The molecule has 1 aliphatic heterocycles. The Kier molecular flexibility index (Phi) is 3.57. The van der Waals surface area contributed by atoms with Crippen LogP contribution in [0.5, 0.6) is 0 Å². The van der Waals surface area contributed by atoms with Gasteiger partial charge in [0.1, 0.15) is 0 Å². The molecule has 0 radical (unpaired) electrons. The van der Waals surface area contributed by atoms with Crippen LogP contribution >= 0.6 is 0 Å². The minimum atomic E-state index is -0.818. The number of aromatic nitrogens is 1. The Bertz CT molecular complexity index is 469. The first-order valence-electron chi connectivity index (χ1n) is 5.76. The van der Waals surface area contributed by atoms with E-state index in [1.165, 1.54) is 0 Å². The second-order valence-corrected chi connectivity index (χ2v) is 4.41. The molecule has 2 heterocycles. The summed E-state index contributed by atoms with van der Waals surface area (Å²) in [5, 5.41) is 8.63. The molecular weight excluding hydrogens is 234 g/mol. The third kappa shape index (κ3) is 2.65. The fourth-order valence-corrected chi connectivity index (χ4v) is 2.02. The van der Waals surface area contributed by atoms with E-state index in [2.05, 4.69) is 4.98 Å². The lowest BCUT2D eigenvalue weighted by Gasteiger charge is -2.38. The lowest BCUT2D eigenvalue weighted by atomic mass is 9.95. The zero-order valence-electron chi connectivity index (χ0n) is 9.87. The van der Waals surface area contributed by atoms with E-state index in [0.717, 1.165) is 0 Å². The molecular formula is C12H15N3O3. The van der Waals surface area contributed by atoms with E-state index < -0.39 is 5.97 Å². The van der Waals surface area contributed by atoms with E-state index in [9.17, 15) is 9.59 Å². The molecule has 0 spiro atoms. The molecule has 1 fully saturated rings. The fourth-order valence-electron chi connectivity index (χ4n) is 2.02. The summed E-state index contributed by atoms with van der Waals surface area (Å²) in [7, 11) is 0. The standard InChI is InChI=1S/C12H15N3O3/c13-5-10-4-9(1-2-14-10)12(18)15-6-8(7-15)3-11(16)17/h1-2,4,8H,3,5-7,13H2,(H,16,17). The number of carbonyl (C=O) groups excluding carboxylic acids is 1. The van der Waals surface area contributed by atoms with Crippen molar-refractivity contribution >= 4 is 11.9 Å². The Labute approximate surface area is 104 Å². The molecule has 0 bridgehead atoms. The van der Waals surface area contributed by atoms with Crippen molar-refractivity contribution in [2.24, 2.45) is 11.7 Å². The van der Waals surface area contributed by atoms with Gasteiger partial charge in [0.25, 0.3) is 5.91 Å². The molecule has 1 aliphatic rings. The van der Waals surface area contributed by atoms with Gasteiger partial charge in [0.2, 0.25) is 0 Å². The lowest BCUT2D eigenvalue weighted by molar-refractivity contribution is -0.139. The van der Waals surface area contributed by atoms with Crippen molar-refractivity contribution in [1.29, 1.82) is 0 Å². The van der Waals surface area contributed by atoms with Gasteiger partial charge in [0.15, 0.2) is 0 Å². The second-order valence-electron chi connectivity index (χ2n) is 4.41. The monoisotopic (exact) mass is 249 g/mol. The molecule has 1 aromatic rings. The van der Waals surface area contributed by atoms with Crippen molar-refractivity contribution in [3.8, 4) is 0 Å². The van der Waals surface area contributed by atoms with Crippen molar-refractivity contribution in [1.82, 2.24) is 9.88 Å². The summed E-state index contributed by atoms with van der Waals surface area (Å²) in [6.45, 7) is 1.31. The van der Waals surface area contributed by atoms with Gasteiger partial charge in [-0.25, -0.2) is 0 Å². The highest BCUT2D eigenvalue weighted by Crippen LogP contribution is 2.21. The Morgan fingerprint density at radius 1 is 1.50 bits per heavy atom. The van der Waals surface area contributed by atoms with E-state index >= 15 is 0 Å². The summed E-state index contributed by atoms with van der Waals surface area (Å²) < 4.78 is 0. The summed E-state index contributed by atoms with van der Waals surface area (Å²) in [5.74, 6) is -0.836. The minimum absolute atomic E-state index is 0.0715. The molecule has 0 atom stereocenters. The van der Waals surface area contributed by atoms with Gasteiger partial charge in [-0.2, -0.15) is 0 Å². The Morgan fingerprint density at radius 3 is 2.83 bits per heavy atom. The van der Waals surface area contributed by atoms with Crippen LogP contribution in [0.15, 0.2) is 18.3 Å². The lowest BCUT2D eigenvalue weighted by Crippen LogP contribution is -2.50. The van der Waals surface area contributed by atoms with E-state index in [1.54, 1.807) is 23.2 Å². The SMILES string of the molecule is NCc1cc(C(=O)N2CC(CC(=O)O)C2)ccn1. The van der Waals surface area contributed by atoms with Gasteiger partial charge in [0, 0.05) is 37.3 Å². The van der Waals surface area contributed by atoms with Crippen molar-refractivity contribution in [2.75, 3.05) is 13.1 Å². The molecule has 1 saturated heterocycles. The molecule has 0 aromatic carbocycles. The summed E-state index contributed by atoms with van der Waals surface area (Å²) in [6, 6.07) is 3.32. The van der Waals surface area contributed by atoms with Crippen LogP contribution in [-0.4, -0.2) is 40.0 Å². The molecule has 18 heavy (non-hydrogen) atoms. The number of hydrogen-bond donors (Lipinski definition) is 2. The third-order valence-corrected chi connectivity index (χ3v) is 2.98. The largest absolute Gasteiger partial charge is 0.481 e. The number of nitrogens with two attached hydrogens (primary N) is 1. The summed E-state index contributed by atoms with van der Waals surface area (Å²) >= 11 is 0. The average Bonchev–Trinajstić information content (AvgIpc) is 2.32. The number of carboxylic acids is 1. The first kappa shape index (κ1) is 12.5. The van der Waals surface area contributed by atoms with Gasteiger partial charge in [-0.15, -0.1) is 0 Å².